The van der Waals surface area contributed by atoms with Gasteiger partial charge in [0, 0.05) is 12.7 Å². The summed E-state index contributed by atoms with van der Waals surface area (Å²) >= 11 is 0. The molecule has 4 aromatic rings. The summed E-state index contributed by atoms with van der Waals surface area (Å²) < 4.78 is 32.4. The highest BCUT2D eigenvalue weighted by molar-refractivity contribution is 7.92. The molecule has 1 fully saturated rings. The zero-order chi connectivity index (χ0) is 29.3. The van der Waals surface area contributed by atoms with Crippen LogP contribution in [-0.2, 0) is 9.84 Å². The van der Waals surface area contributed by atoms with Gasteiger partial charge in [-0.3, -0.25) is 0 Å². The third-order valence-corrected chi connectivity index (χ3v) is 9.73. The lowest BCUT2D eigenvalue weighted by atomic mass is 9.87. The lowest BCUT2D eigenvalue weighted by Crippen LogP contribution is -2.31. The van der Waals surface area contributed by atoms with Gasteiger partial charge in [-0.25, -0.2) is 8.42 Å². The molecular formula is C31H40N6O3S. The number of H-pyrrole nitrogens is 1. The van der Waals surface area contributed by atoms with Gasteiger partial charge >= 0.3 is 0 Å². The molecule has 2 aromatic carbocycles. The number of benzene rings is 2. The maximum atomic E-state index is 13.1. The Balaban J connectivity index is 1.53. The van der Waals surface area contributed by atoms with E-state index in [1.165, 1.54) is 17.5 Å². The molecule has 2 aromatic heterocycles. The molecule has 5 rings (SSSR count). The number of hydrogen-bond acceptors (Lipinski definition) is 8. The number of aryl methyl sites for hydroxylation is 1. The molecule has 3 N–H and O–H groups in total. The SMILES string of the molecule is Cc1cc(Nc2nc(Nc3ccccc3S(=O)(=O)C(C)C)c3cc[nH]c3n2)c(OC(C)C)cc1C1CCCN(C)C1. The van der Waals surface area contributed by atoms with Gasteiger partial charge in [0.25, 0.3) is 0 Å². The van der Waals surface area contributed by atoms with Crippen LogP contribution in [0.4, 0.5) is 23.1 Å². The first-order valence-corrected chi connectivity index (χ1v) is 15.8. The van der Waals surface area contributed by atoms with E-state index in [1.807, 2.05) is 19.9 Å². The number of nitrogens with zero attached hydrogens (tertiary/aromatic N) is 3. The van der Waals surface area contributed by atoms with E-state index >= 15 is 0 Å². The van der Waals surface area contributed by atoms with Crippen LogP contribution in [-0.4, -0.2) is 59.8 Å². The summed E-state index contributed by atoms with van der Waals surface area (Å²) in [6, 6.07) is 13.1. The number of nitrogens with one attached hydrogen (secondary N) is 3. The molecule has 1 aliphatic heterocycles. The average Bonchev–Trinajstić information content (AvgIpc) is 3.39. The quantitative estimate of drug-likeness (QED) is 0.206. The Morgan fingerprint density at radius 1 is 1.05 bits per heavy atom. The predicted molar refractivity (Wildman–Crippen MR) is 166 cm³/mol. The van der Waals surface area contributed by atoms with E-state index in [2.05, 4.69) is 46.6 Å². The molecule has 3 heterocycles. The Labute approximate surface area is 242 Å². The fourth-order valence-electron chi connectivity index (χ4n) is 5.43. The average molecular weight is 577 g/mol. The molecule has 0 bridgehead atoms. The molecule has 9 nitrogen and oxygen atoms in total. The van der Waals surface area contributed by atoms with Crippen molar-refractivity contribution in [2.45, 2.75) is 69.6 Å². The summed E-state index contributed by atoms with van der Waals surface area (Å²) in [6.07, 6.45) is 4.12. The number of ether oxygens (including phenoxy) is 1. The zero-order valence-corrected chi connectivity index (χ0v) is 25.5. The minimum Gasteiger partial charge on any atom is -0.489 e. The Morgan fingerprint density at radius 3 is 2.56 bits per heavy atom. The molecule has 10 heteroatoms. The van der Waals surface area contributed by atoms with Crippen LogP contribution in [0.2, 0.25) is 0 Å². The van der Waals surface area contributed by atoms with E-state index in [0.29, 0.717) is 29.0 Å². The molecule has 0 aliphatic carbocycles. The number of rotatable bonds is 9. The molecule has 0 amide bonds. The molecule has 1 atom stereocenters. The van der Waals surface area contributed by atoms with Gasteiger partial charge < -0.3 is 25.3 Å². The van der Waals surface area contributed by atoms with Crippen LogP contribution in [0.25, 0.3) is 11.0 Å². The van der Waals surface area contributed by atoms with Gasteiger partial charge in [0.1, 0.15) is 17.2 Å². The summed E-state index contributed by atoms with van der Waals surface area (Å²) in [5.74, 6) is 2.08. The number of hydrogen-bond donors (Lipinski definition) is 3. The number of aromatic amines is 1. The van der Waals surface area contributed by atoms with Crippen LogP contribution >= 0.6 is 0 Å². The van der Waals surface area contributed by atoms with Crippen molar-refractivity contribution >= 4 is 44.0 Å². The zero-order valence-electron chi connectivity index (χ0n) is 24.7. The number of likely N-dealkylation sites (N-methyl/N-ethyl adjacent to an activating group) is 1. The number of likely N-dealkylation sites (tertiary alicyclic amines) is 1. The van der Waals surface area contributed by atoms with Crippen molar-refractivity contribution in [3.63, 3.8) is 0 Å². The topological polar surface area (TPSA) is 112 Å². The number of anilines is 4. The van der Waals surface area contributed by atoms with Crippen molar-refractivity contribution in [3.8, 4) is 5.75 Å². The molecule has 0 spiro atoms. The second-order valence-electron chi connectivity index (χ2n) is 11.4. The number of para-hydroxylation sites is 1. The van der Waals surface area contributed by atoms with Crippen molar-refractivity contribution in [1.29, 1.82) is 0 Å². The lowest BCUT2D eigenvalue weighted by molar-refractivity contribution is 0.239. The molecule has 0 radical (unpaired) electrons. The van der Waals surface area contributed by atoms with Crippen LogP contribution in [0.3, 0.4) is 0 Å². The number of fused-ring (bicyclic) bond motifs is 1. The molecule has 1 aliphatic rings. The van der Waals surface area contributed by atoms with Crippen LogP contribution in [0.1, 0.15) is 57.6 Å². The van der Waals surface area contributed by atoms with Crippen LogP contribution in [0.15, 0.2) is 53.6 Å². The highest BCUT2D eigenvalue weighted by Crippen LogP contribution is 2.38. The van der Waals surface area contributed by atoms with Gasteiger partial charge in [-0.2, -0.15) is 9.97 Å². The molecule has 41 heavy (non-hydrogen) atoms. The number of aromatic nitrogens is 3. The fraction of sp³-hybridized carbons (Fsp3) is 0.419. The summed E-state index contributed by atoms with van der Waals surface area (Å²) in [4.78, 5) is 15.3. The largest absolute Gasteiger partial charge is 0.489 e. The summed E-state index contributed by atoms with van der Waals surface area (Å²) in [5.41, 5.74) is 4.37. The first-order chi connectivity index (χ1) is 19.5. The van der Waals surface area contributed by atoms with Crippen LogP contribution < -0.4 is 15.4 Å². The smallest absolute Gasteiger partial charge is 0.231 e. The van der Waals surface area contributed by atoms with E-state index in [4.69, 9.17) is 14.7 Å². The summed E-state index contributed by atoms with van der Waals surface area (Å²) in [6.45, 7) is 11.7. The van der Waals surface area contributed by atoms with Gasteiger partial charge in [-0.1, -0.05) is 12.1 Å². The molecule has 1 unspecified atom stereocenters. The molecule has 1 saturated heterocycles. The Hall–Kier alpha value is -3.63. The third kappa shape index (κ3) is 6.18. The lowest BCUT2D eigenvalue weighted by Gasteiger charge is -2.31. The van der Waals surface area contributed by atoms with Gasteiger partial charge in [-0.15, -0.1) is 0 Å². The third-order valence-electron chi connectivity index (χ3n) is 7.52. The van der Waals surface area contributed by atoms with Gasteiger partial charge in [0.05, 0.1) is 33.0 Å². The van der Waals surface area contributed by atoms with Gasteiger partial charge in [-0.05, 0) is 108 Å². The van der Waals surface area contributed by atoms with E-state index in [-0.39, 0.29) is 11.0 Å². The second-order valence-corrected chi connectivity index (χ2v) is 13.9. The van der Waals surface area contributed by atoms with Crippen LogP contribution in [0.5, 0.6) is 5.75 Å². The highest BCUT2D eigenvalue weighted by atomic mass is 32.2. The van der Waals surface area contributed by atoms with E-state index in [9.17, 15) is 8.42 Å². The van der Waals surface area contributed by atoms with Crippen molar-refractivity contribution in [1.82, 2.24) is 19.9 Å². The number of sulfone groups is 1. The summed E-state index contributed by atoms with van der Waals surface area (Å²) in [7, 11) is -1.33. The van der Waals surface area contributed by atoms with Crippen molar-refractivity contribution < 1.29 is 13.2 Å². The maximum Gasteiger partial charge on any atom is 0.231 e. The Bertz CT molecular complexity index is 1650. The van der Waals surface area contributed by atoms with E-state index in [1.54, 1.807) is 44.3 Å². The van der Waals surface area contributed by atoms with Crippen molar-refractivity contribution in [2.75, 3.05) is 30.8 Å². The highest BCUT2D eigenvalue weighted by Gasteiger charge is 2.25. The monoisotopic (exact) mass is 576 g/mol. The Morgan fingerprint density at radius 2 is 1.83 bits per heavy atom. The fourth-order valence-corrected chi connectivity index (χ4v) is 6.63. The first kappa shape index (κ1) is 28.9. The Kier molecular flexibility index (Phi) is 8.24. The van der Waals surface area contributed by atoms with Crippen LogP contribution in [0, 0.1) is 6.92 Å². The van der Waals surface area contributed by atoms with E-state index in [0.717, 1.165) is 36.3 Å². The first-order valence-electron chi connectivity index (χ1n) is 14.2. The molecular weight excluding hydrogens is 536 g/mol. The number of piperidine rings is 1. The van der Waals surface area contributed by atoms with Gasteiger partial charge in [0.2, 0.25) is 5.95 Å². The van der Waals surface area contributed by atoms with E-state index < -0.39 is 15.1 Å². The predicted octanol–water partition coefficient (Wildman–Crippen LogP) is 6.53. The van der Waals surface area contributed by atoms with Gasteiger partial charge in [0.15, 0.2) is 9.84 Å². The maximum absolute atomic E-state index is 13.1. The minimum absolute atomic E-state index is 0.0106. The second kappa shape index (κ2) is 11.7. The van der Waals surface area contributed by atoms with Crippen molar-refractivity contribution in [3.05, 3.63) is 59.8 Å². The molecule has 218 valence electrons. The summed E-state index contributed by atoms with van der Waals surface area (Å²) in [5, 5.41) is 6.86. The van der Waals surface area contributed by atoms with Crippen molar-refractivity contribution in [2.24, 2.45) is 0 Å². The molecule has 0 saturated carbocycles. The minimum atomic E-state index is -3.51. The standard InChI is InChI=1S/C31H40N6O3S/c1-19(2)40-27-17-24(22-10-9-15-37(6)18-22)21(5)16-26(27)34-31-35-29-23(13-14-32-29)30(36-31)33-25-11-7-8-12-28(25)41(38,39)20(3)4/h7-8,11-14,16-17,19-20,22H,9-10,15,18H2,1-6H3,(H3,32,33,34,35,36). The normalized spacial score (nSPS) is 16.4.